The predicted molar refractivity (Wildman–Crippen MR) is 115 cm³/mol. The molecule has 2 amide bonds. The normalized spacial score (nSPS) is 12.8. The Labute approximate surface area is 175 Å². The standard InChI is InChI=1S/C24H25N3O3/c1-24(25,22(29)26-16-17-12-14-20(28)15-13-17)23(30)27-21(18-8-4-2-5-9-18)19-10-6-3-7-11-19/h2-15,21,28H,16,25H2,1H3,(H,26,29)(H,27,30)/t24-/m0/s1. The van der Waals surface area contributed by atoms with Gasteiger partial charge in [-0.2, -0.15) is 0 Å². The number of aromatic hydroxyl groups is 1. The van der Waals surface area contributed by atoms with E-state index in [0.29, 0.717) is 0 Å². The van der Waals surface area contributed by atoms with Crippen LogP contribution in [-0.4, -0.2) is 22.5 Å². The number of carbonyl (C=O) groups excluding carboxylic acids is 2. The van der Waals surface area contributed by atoms with Crippen LogP contribution in [0.5, 0.6) is 5.75 Å². The Hall–Kier alpha value is -3.64. The highest BCUT2D eigenvalue weighted by Gasteiger charge is 2.38. The number of hydrogen-bond acceptors (Lipinski definition) is 4. The first-order chi connectivity index (χ1) is 14.4. The van der Waals surface area contributed by atoms with Gasteiger partial charge in [-0.05, 0) is 35.7 Å². The van der Waals surface area contributed by atoms with Gasteiger partial charge in [-0.1, -0.05) is 72.8 Å². The summed E-state index contributed by atoms with van der Waals surface area (Å²) < 4.78 is 0. The van der Waals surface area contributed by atoms with Crippen molar-refractivity contribution >= 4 is 11.8 Å². The second-order valence-electron chi connectivity index (χ2n) is 7.28. The quantitative estimate of drug-likeness (QED) is 0.455. The lowest BCUT2D eigenvalue weighted by Gasteiger charge is -2.27. The molecule has 0 bridgehead atoms. The van der Waals surface area contributed by atoms with E-state index in [1.165, 1.54) is 19.1 Å². The molecule has 154 valence electrons. The average molecular weight is 403 g/mol. The van der Waals surface area contributed by atoms with E-state index in [1.807, 2.05) is 60.7 Å². The summed E-state index contributed by atoms with van der Waals surface area (Å²) in [6.07, 6.45) is 0. The van der Waals surface area contributed by atoms with Crippen LogP contribution < -0.4 is 16.4 Å². The van der Waals surface area contributed by atoms with Gasteiger partial charge < -0.3 is 21.5 Å². The van der Waals surface area contributed by atoms with E-state index < -0.39 is 23.4 Å². The Morgan fingerprint density at radius 1 is 0.867 bits per heavy atom. The van der Waals surface area contributed by atoms with Gasteiger partial charge in [-0.25, -0.2) is 0 Å². The highest BCUT2D eigenvalue weighted by atomic mass is 16.3. The summed E-state index contributed by atoms with van der Waals surface area (Å²) in [7, 11) is 0. The number of phenolic OH excluding ortho intramolecular Hbond substituents is 1. The number of rotatable bonds is 7. The van der Waals surface area contributed by atoms with Gasteiger partial charge in [0.05, 0.1) is 6.04 Å². The molecule has 3 aromatic rings. The molecule has 0 aliphatic rings. The van der Waals surface area contributed by atoms with Crippen molar-refractivity contribution in [3.05, 3.63) is 102 Å². The number of benzene rings is 3. The molecule has 0 fully saturated rings. The molecule has 0 aliphatic heterocycles. The van der Waals surface area contributed by atoms with Gasteiger partial charge in [0.1, 0.15) is 5.75 Å². The molecular formula is C24H25N3O3. The predicted octanol–water partition coefficient (Wildman–Crippen LogP) is 2.63. The lowest BCUT2D eigenvalue weighted by Crippen LogP contribution is -2.61. The molecule has 0 aromatic heterocycles. The summed E-state index contributed by atoms with van der Waals surface area (Å²) in [6, 6.07) is 25.0. The van der Waals surface area contributed by atoms with Gasteiger partial charge in [-0.15, -0.1) is 0 Å². The van der Waals surface area contributed by atoms with Crippen LogP contribution in [0, 0.1) is 0 Å². The molecule has 0 heterocycles. The van der Waals surface area contributed by atoms with Crippen LogP contribution in [0.3, 0.4) is 0 Å². The number of hydrogen-bond donors (Lipinski definition) is 4. The fourth-order valence-electron chi connectivity index (χ4n) is 3.01. The summed E-state index contributed by atoms with van der Waals surface area (Å²) in [5, 5.41) is 15.0. The first-order valence-corrected chi connectivity index (χ1v) is 9.64. The minimum absolute atomic E-state index is 0.140. The molecule has 0 unspecified atom stereocenters. The monoisotopic (exact) mass is 403 g/mol. The maximum atomic E-state index is 13.0. The SMILES string of the molecule is C[C@](N)(C(=O)NCc1ccc(O)cc1)C(=O)NC(c1ccccc1)c1ccccc1. The third-order valence-electron chi connectivity index (χ3n) is 4.87. The number of nitrogens with one attached hydrogen (secondary N) is 2. The largest absolute Gasteiger partial charge is 0.508 e. The average Bonchev–Trinajstić information content (AvgIpc) is 2.77. The maximum Gasteiger partial charge on any atom is 0.250 e. The fourth-order valence-corrected chi connectivity index (χ4v) is 3.01. The molecule has 6 heteroatoms. The van der Waals surface area contributed by atoms with Crippen LogP contribution >= 0.6 is 0 Å². The van der Waals surface area contributed by atoms with Gasteiger partial charge in [-0.3, -0.25) is 9.59 Å². The minimum atomic E-state index is -1.77. The molecule has 1 atom stereocenters. The molecule has 0 saturated heterocycles. The van der Waals surface area contributed by atoms with E-state index in [2.05, 4.69) is 10.6 Å². The Morgan fingerprint density at radius 2 is 1.37 bits per heavy atom. The number of amides is 2. The van der Waals surface area contributed by atoms with E-state index in [9.17, 15) is 14.7 Å². The second-order valence-corrected chi connectivity index (χ2v) is 7.28. The van der Waals surface area contributed by atoms with E-state index in [1.54, 1.807) is 12.1 Å². The molecule has 0 spiro atoms. The first kappa shape index (κ1) is 21.1. The molecule has 0 radical (unpaired) electrons. The Kier molecular flexibility index (Phi) is 6.49. The smallest absolute Gasteiger partial charge is 0.250 e. The molecule has 3 aromatic carbocycles. The van der Waals surface area contributed by atoms with Gasteiger partial charge in [0.15, 0.2) is 5.54 Å². The first-order valence-electron chi connectivity index (χ1n) is 9.64. The van der Waals surface area contributed by atoms with E-state index >= 15 is 0 Å². The molecule has 30 heavy (non-hydrogen) atoms. The van der Waals surface area contributed by atoms with Crippen LogP contribution in [0.15, 0.2) is 84.9 Å². The van der Waals surface area contributed by atoms with E-state index in [4.69, 9.17) is 5.73 Å². The van der Waals surface area contributed by atoms with Crippen LogP contribution in [0.2, 0.25) is 0 Å². The molecule has 0 saturated carbocycles. The summed E-state index contributed by atoms with van der Waals surface area (Å²) in [6.45, 7) is 1.58. The van der Waals surface area contributed by atoms with Gasteiger partial charge >= 0.3 is 0 Å². The Balaban J connectivity index is 1.73. The summed E-state index contributed by atoms with van der Waals surface area (Å²) in [4.78, 5) is 25.6. The zero-order valence-corrected chi connectivity index (χ0v) is 16.7. The minimum Gasteiger partial charge on any atom is -0.508 e. The molecule has 3 rings (SSSR count). The summed E-state index contributed by atoms with van der Waals surface area (Å²) in [5.41, 5.74) is 6.92. The van der Waals surface area contributed by atoms with Gasteiger partial charge in [0.25, 0.3) is 0 Å². The zero-order chi connectivity index (χ0) is 21.6. The molecule has 6 nitrogen and oxygen atoms in total. The summed E-state index contributed by atoms with van der Waals surface area (Å²) >= 11 is 0. The van der Waals surface area contributed by atoms with Crippen molar-refractivity contribution in [3.8, 4) is 5.75 Å². The van der Waals surface area contributed by atoms with Crippen LogP contribution in [0.25, 0.3) is 0 Å². The third-order valence-corrected chi connectivity index (χ3v) is 4.87. The second kappa shape index (κ2) is 9.24. The van der Waals surface area contributed by atoms with Crippen molar-refractivity contribution in [1.29, 1.82) is 0 Å². The molecule has 5 N–H and O–H groups in total. The number of nitrogens with two attached hydrogens (primary N) is 1. The van der Waals surface area contributed by atoms with Gasteiger partial charge in [0, 0.05) is 6.54 Å². The maximum absolute atomic E-state index is 13.0. The van der Waals surface area contributed by atoms with Crippen LogP contribution in [0.4, 0.5) is 0 Å². The fraction of sp³-hybridized carbons (Fsp3) is 0.167. The summed E-state index contributed by atoms with van der Waals surface area (Å²) in [5.74, 6) is -1.03. The van der Waals surface area contributed by atoms with Crippen molar-refractivity contribution in [1.82, 2.24) is 10.6 Å². The molecular weight excluding hydrogens is 378 g/mol. The third kappa shape index (κ3) is 5.04. The Bertz CT molecular complexity index is 948. The highest BCUT2D eigenvalue weighted by molar-refractivity contribution is 6.09. The molecule has 0 aliphatic carbocycles. The highest BCUT2D eigenvalue weighted by Crippen LogP contribution is 2.22. The topological polar surface area (TPSA) is 104 Å². The van der Waals surface area contributed by atoms with Crippen molar-refractivity contribution in [3.63, 3.8) is 0 Å². The van der Waals surface area contributed by atoms with E-state index in [-0.39, 0.29) is 12.3 Å². The number of carbonyl (C=O) groups is 2. The van der Waals surface area contributed by atoms with Crippen LogP contribution in [0.1, 0.15) is 29.7 Å². The van der Waals surface area contributed by atoms with Crippen molar-refractivity contribution in [2.75, 3.05) is 0 Å². The van der Waals surface area contributed by atoms with Gasteiger partial charge in [0.2, 0.25) is 11.8 Å². The van der Waals surface area contributed by atoms with Crippen molar-refractivity contribution < 1.29 is 14.7 Å². The number of phenols is 1. The lowest BCUT2D eigenvalue weighted by molar-refractivity contribution is -0.136. The lowest BCUT2D eigenvalue weighted by atomic mass is 9.95. The van der Waals surface area contributed by atoms with Crippen LogP contribution in [-0.2, 0) is 16.1 Å². The van der Waals surface area contributed by atoms with Crippen molar-refractivity contribution in [2.45, 2.75) is 25.0 Å². The van der Waals surface area contributed by atoms with Crippen molar-refractivity contribution in [2.24, 2.45) is 5.73 Å². The zero-order valence-electron chi connectivity index (χ0n) is 16.7. The Morgan fingerprint density at radius 3 is 1.87 bits per heavy atom. The van der Waals surface area contributed by atoms with E-state index in [0.717, 1.165) is 16.7 Å².